The Morgan fingerprint density at radius 2 is 1.89 bits per heavy atom. The number of carbonyl (C=O) groups excluding carboxylic acids is 1. The van der Waals surface area contributed by atoms with E-state index in [-0.39, 0.29) is 5.78 Å². The summed E-state index contributed by atoms with van der Waals surface area (Å²) < 4.78 is 0. The number of hydrogen-bond acceptors (Lipinski definition) is 3. The first-order valence-electron chi connectivity index (χ1n) is 5.80. The fourth-order valence-electron chi connectivity index (χ4n) is 1.79. The van der Waals surface area contributed by atoms with Crippen LogP contribution in [0, 0.1) is 13.8 Å². The van der Waals surface area contributed by atoms with Crippen LogP contribution in [0.15, 0.2) is 47.6 Å². The van der Waals surface area contributed by atoms with Crippen molar-refractivity contribution >= 4 is 17.5 Å². The molecule has 1 heterocycles. The summed E-state index contributed by atoms with van der Waals surface area (Å²) in [6, 6.07) is 9.78. The highest BCUT2D eigenvalue weighted by Crippen LogP contribution is 2.19. The van der Waals surface area contributed by atoms with Crippen molar-refractivity contribution in [3.8, 4) is 0 Å². The quantitative estimate of drug-likeness (QED) is 0.618. The number of rotatable bonds is 4. The van der Waals surface area contributed by atoms with Crippen LogP contribution in [0.4, 0.5) is 0 Å². The van der Waals surface area contributed by atoms with E-state index in [0.717, 1.165) is 16.0 Å². The molecule has 0 bridgehead atoms. The second kappa shape index (κ2) is 5.83. The van der Waals surface area contributed by atoms with Gasteiger partial charge in [-0.15, -0.1) is 11.8 Å². The molecule has 0 N–H and O–H groups in total. The lowest BCUT2D eigenvalue weighted by Gasteiger charge is -2.06. The number of carbonyl (C=O) groups is 1. The van der Waals surface area contributed by atoms with Crippen molar-refractivity contribution in [2.45, 2.75) is 18.7 Å². The molecule has 0 spiro atoms. The number of hydrogen-bond donors (Lipinski definition) is 0. The van der Waals surface area contributed by atoms with Crippen LogP contribution in [0.2, 0.25) is 0 Å². The van der Waals surface area contributed by atoms with Crippen molar-refractivity contribution in [3.63, 3.8) is 0 Å². The van der Waals surface area contributed by atoms with Crippen molar-refractivity contribution in [1.29, 1.82) is 0 Å². The zero-order valence-corrected chi connectivity index (χ0v) is 11.3. The Hall–Kier alpha value is -1.61. The van der Waals surface area contributed by atoms with E-state index < -0.39 is 0 Å². The Bertz CT molecular complexity index is 552. The molecular weight excluding hydrogens is 242 g/mol. The topological polar surface area (TPSA) is 30.0 Å². The summed E-state index contributed by atoms with van der Waals surface area (Å²) in [5, 5.41) is 0. The molecule has 3 heteroatoms. The van der Waals surface area contributed by atoms with E-state index in [1.807, 2.05) is 44.2 Å². The van der Waals surface area contributed by atoms with Gasteiger partial charge in [0.2, 0.25) is 0 Å². The number of aromatic nitrogens is 1. The van der Waals surface area contributed by atoms with Crippen molar-refractivity contribution in [2.75, 3.05) is 5.75 Å². The molecule has 2 aromatic rings. The minimum atomic E-state index is 0.175. The molecule has 0 atom stereocenters. The summed E-state index contributed by atoms with van der Waals surface area (Å²) in [4.78, 5) is 17.1. The van der Waals surface area contributed by atoms with Crippen LogP contribution in [0.25, 0.3) is 0 Å². The van der Waals surface area contributed by atoms with Crippen LogP contribution >= 0.6 is 11.8 Å². The molecule has 18 heavy (non-hydrogen) atoms. The first kappa shape index (κ1) is 12.8. The smallest absolute Gasteiger partial charge is 0.173 e. The molecule has 0 amide bonds. The van der Waals surface area contributed by atoms with E-state index >= 15 is 0 Å². The summed E-state index contributed by atoms with van der Waals surface area (Å²) in [5.74, 6) is 0.641. The van der Waals surface area contributed by atoms with Crippen molar-refractivity contribution in [1.82, 2.24) is 4.98 Å². The van der Waals surface area contributed by atoms with Gasteiger partial charge in [0, 0.05) is 22.9 Å². The highest BCUT2D eigenvalue weighted by atomic mass is 32.2. The molecule has 2 rings (SSSR count). The third-order valence-electron chi connectivity index (χ3n) is 2.70. The largest absolute Gasteiger partial charge is 0.293 e. The molecule has 0 fully saturated rings. The summed E-state index contributed by atoms with van der Waals surface area (Å²) in [6.45, 7) is 4.02. The van der Waals surface area contributed by atoms with Crippen molar-refractivity contribution < 1.29 is 4.79 Å². The van der Waals surface area contributed by atoms with E-state index in [2.05, 4.69) is 4.98 Å². The van der Waals surface area contributed by atoms with Gasteiger partial charge >= 0.3 is 0 Å². The lowest BCUT2D eigenvalue weighted by atomic mass is 10.0. The average Bonchev–Trinajstić information content (AvgIpc) is 2.37. The number of Topliss-reactive ketones (excluding diaryl/α,β-unsaturated/α-hetero) is 1. The van der Waals surface area contributed by atoms with Gasteiger partial charge < -0.3 is 0 Å². The van der Waals surface area contributed by atoms with Gasteiger partial charge in [-0.05, 0) is 31.5 Å². The monoisotopic (exact) mass is 257 g/mol. The Labute approximate surface area is 111 Å². The van der Waals surface area contributed by atoms with Crippen LogP contribution in [0.5, 0.6) is 0 Å². The predicted octanol–water partition coefficient (Wildman–Crippen LogP) is 3.67. The number of ketones is 1. The molecule has 1 aromatic carbocycles. The molecule has 0 unspecified atom stereocenters. The first-order chi connectivity index (χ1) is 8.66. The molecule has 92 valence electrons. The summed E-state index contributed by atoms with van der Waals surface area (Å²) in [7, 11) is 0. The van der Waals surface area contributed by atoms with E-state index in [1.165, 1.54) is 5.56 Å². The number of pyridine rings is 1. The maximum Gasteiger partial charge on any atom is 0.173 e. The minimum absolute atomic E-state index is 0.175. The van der Waals surface area contributed by atoms with Crippen LogP contribution in [-0.2, 0) is 0 Å². The van der Waals surface area contributed by atoms with Gasteiger partial charge in [-0.3, -0.25) is 9.78 Å². The average molecular weight is 257 g/mol. The molecular formula is C15H15NOS. The molecule has 1 aromatic heterocycles. The van der Waals surface area contributed by atoms with Gasteiger partial charge in [0.1, 0.15) is 0 Å². The lowest BCUT2D eigenvalue weighted by molar-refractivity contribution is 0.102. The minimum Gasteiger partial charge on any atom is -0.293 e. The first-order valence-corrected chi connectivity index (χ1v) is 6.78. The third kappa shape index (κ3) is 3.20. The van der Waals surface area contributed by atoms with Crippen LogP contribution < -0.4 is 0 Å². The SMILES string of the molecule is Cc1ccc(C(=O)CSc2ccncc2)c(C)c1. The summed E-state index contributed by atoms with van der Waals surface area (Å²) in [6.07, 6.45) is 3.48. The fourth-order valence-corrected chi connectivity index (χ4v) is 2.55. The number of benzene rings is 1. The second-order valence-electron chi connectivity index (χ2n) is 4.21. The number of thioether (sulfide) groups is 1. The van der Waals surface area contributed by atoms with Crippen molar-refractivity contribution in [2.24, 2.45) is 0 Å². The molecule has 0 aliphatic heterocycles. The number of nitrogens with zero attached hydrogens (tertiary/aromatic N) is 1. The molecule has 0 saturated heterocycles. The molecule has 2 nitrogen and oxygen atoms in total. The van der Waals surface area contributed by atoms with Gasteiger partial charge in [-0.2, -0.15) is 0 Å². The van der Waals surface area contributed by atoms with E-state index in [9.17, 15) is 4.79 Å². The standard InChI is InChI=1S/C15H15NOS/c1-11-3-4-14(12(2)9-11)15(17)10-18-13-5-7-16-8-6-13/h3-9H,10H2,1-2H3. The van der Waals surface area contributed by atoms with Gasteiger partial charge in [0.05, 0.1) is 5.75 Å². The second-order valence-corrected chi connectivity index (χ2v) is 5.26. The maximum absolute atomic E-state index is 12.1. The van der Waals surface area contributed by atoms with Crippen LogP contribution in [0.1, 0.15) is 21.5 Å². The number of aryl methyl sites for hydroxylation is 2. The normalized spacial score (nSPS) is 10.3. The Kier molecular flexibility index (Phi) is 4.15. The summed E-state index contributed by atoms with van der Waals surface area (Å²) >= 11 is 1.55. The molecule has 0 radical (unpaired) electrons. The predicted molar refractivity (Wildman–Crippen MR) is 75.2 cm³/mol. The molecule has 0 aliphatic rings. The zero-order chi connectivity index (χ0) is 13.0. The van der Waals surface area contributed by atoms with Gasteiger partial charge in [0.25, 0.3) is 0 Å². The van der Waals surface area contributed by atoms with Gasteiger partial charge in [-0.25, -0.2) is 0 Å². The van der Waals surface area contributed by atoms with Gasteiger partial charge in [0.15, 0.2) is 5.78 Å². The van der Waals surface area contributed by atoms with Crippen LogP contribution in [0.3, 0.4) is 0 Å². The highest BCUT2D eigenvalue weighted by molar-refractivity contribution is 8.00. The fraction of sp³-hybridized carbons (Fsp3) is 0.200. The maximum atomic E-state index is 12.1. The van der Waals surface area contributed by atoms with Crippen molar-refractivity contribution in [3.05, 3.63) is 59.4 Å². The zero-order valence-electron chi connectivity index (χ0n) is 10.5. The Morgan fingerprint density at radius 1 is 1.17 bits per heavy atom. The third-order valence-corrected chi connectivity index (χ3v) is 3.71. The van der Waals surface area contributed by atoms with E-state index in [0.29, 0.717) is 5.75 Å². The van der Waals surface area contributed by atoms with E-state index in [1.54, 1.807) is 24.2 Å². The Balaban J connectivity index is 2.04. The lowest BCUT2D eigenvalue weighted by Crippen LogP contribution is -2.04. The summed E-state index contributed by atoms with van der Waals surface area (Å²) in [5.41, 5.74) is 3.06. The van der Waals surface area contributed by atoms with E-state index in [4.69, 9.17) is 0 Å². The Morgan fingerprint density at radius 3 is 2.56 bits per heavy atom. The van der Waals surface area contributed by atoms with Gasteiger partial charge in [-0.1, -0.05) is 23.8 Å². The molecule has 0 saturated carbocycles. The molecule has 0 aliphatic carbocycles. The van der Waals surface area contributed by atoms with Crippen LogP contribution in [-0.4, -0.2) is 16.5 Å². The highest BCUT2D eigenvalue weighted by Gasteiger charge is 2.09.